The first kappa shape index (κ1) is 13.4. The van der Waals surface area contributed by atoms with E-state index in [1.54, 1.807) is 12.1 Å². The first-order valence-electron chi connectivity index (χ1n) is 6.30. The van der Waals surface area contributed by atoms with E-state index >= 15 is 0 Å². The molecule has 1 aromatic carbocycles. The predicted molar refractivity (Wildman–Crippen MR) is 69.1 cm³/mol. The summed E-state index contributed by atoms with van der Waals surface area (Å²) in [7, 11) is 0. The maximum absolute atomic E-state index is 12.0. The van der Waals surface area contributed by atoms with Crippen LogP contribution >= 0.6 is 0 Å². The molecule has 2 rings (SSSR count). The Labute approximate surface area is 111 Å². The van der Waals surface area contributed by atoms with Crippen LogP contribution in [0.3, 0.4) is 0 Å². The topological polar surface area (TPSA) is 86.6 Å². The number of aliphatic carboxylic acids is 1. The molecule has 1 saturated carbocycles. The standard InChI is InChI=1S/C14H17NO4/c1-8-2-5-11(12(16)6-8)13(17)15-10-4-3-9(7-10)14(18)19/h2,5-6,9-10,16H,3-4,7H2,1H3,(H,15,17)(H,18,19)/t9-,10+/m1/s1. The monoisotopic (exact) mass is 263 g/mol. The first-order chi connectivity index (χ1) is 8.97. The third kappa shape index (κ3) is 3.05. The predicted octanol–water partition coefficient (Wildman–Crippen LogP) is 1.68. The Morgan fingerprint density at radius 2 is 2.05 bits per heavy atom. The lowest BCUT2D eigenvalue weighted by Gasteiger charge is -2.13. The Kier molecular flexibility index (Phi) is 3.74. The molecule has 3 N–H and O–H groups in total. The maximum atomic E-state index is 12.0. The van der Waals surface area contributed by atoms with Gasteiger partial charge in [-0.3, -0.25) is 9.59 Å². The van der Waals surface area contributed by atoms with Crippen LogP contribution in [0.1, 0.15) is 35.2 Å². The fourth-order valence-electron chi connectivity index (χ4n) is 2.43. The zero-order valence-electron chi connectivity index (χ0n) is 10.7. The molecule has 1 aliphatic rings. The maximum Gasteiger partial charge on any atom is 0.306 e. The van der Waals surface area contributed by atoms with Crippen molar-refractivity contribution >= 4 is 11.9 Å². The highest BCUT2D eigenvalue weighted by molar-refractivity contribution is 5.97. The highest BCUT2D eigenvalue weighted by atomic mass is 16.4. The molecule has 2 atom stereocenters. The molecule has 1 fully saturated rings. The lowest BCUT2D eigenvalue weighted by atomic mass is 10.1. The molecule has 0 aliphatic heterocycles. The minimum absolute atomic E-state index is 0.0507. The fourth-order valence-corrected chi connectivity index (χ4v) is 2.43. The van der Waals surface area contributed by atoms with Gasteiger partial charge >= 0.3 is 5.97 Å². The number of amides is 1. The van der Waals surface area contributed by atoms with Gasteiger partial charge in [-0.25, -0.2) is 0 Å². The van der Waals surface area contributed by atoms with E-state index in [9.17, 15) is 14.7 Å². The highest BCUT2D eigenvalue weighted by Gasteiger charge is 2.30. The smallest absolute Gasteiger partial charge is 0.306 e. The largest absolute Gasteiger partial charge is 0.507 e. The van der Waals surface area contributed by atoms with Crippen LogP contribution in [0.25, 0.3) is 0 Å². The van der Waals surface area contributed by atoms with E-state index in [0.29, 0.717) is 19.3 Å². The Morgan fingerprint density at radius 1 is 1.32 bits per heavy atom. The summed E-state index contributed by atoms with van der Waals surface area (Å²) in [5.74, 6) is -1.59. The van der Waals surface area contributed by atoms with Crippen molar-refractivity contribution in [1.82, 2.24) is 5.32 Å². The Morgan fingerprint density at radius 3 is 2.63 bits per heavy atom. The highest BCUT2D eigenvalue weighted by Crippen LogP contribution is 2.26. The van der Waals surface area contributed by atoms with E-state index in [1.807, 2.05) is 6.92 Å². The van der Waals surface area contributed by atoms with Crippen molar-refractivity contribution in [1.29, 1.82) is 0 Å². The second kappa shape index (κ2) is 5.30. The molecule has 19 heavy (non-hydrogen) atoms. The van der Waals surface area contributed by atoms with Gasteiger partial charge in [-0.1, -0.05) is 6.07 Å². The van der Waals surface area contributed by atoms with Crippen LogP contribution in [0.5, 0.6) is 5.75 Å². The van der Waals surface area contributed by atoms with Gasteiger partial charge in [0.15, 0.2) is 0 Å². The fraction of sp³-hybridized carbons (Fsp3) is 0.429. The minimum atomic E-state index is -0.810. The van der Waals surface area contributed by atoms with Crippen LogP contribution in [0.4, 0.5) is 0 Å². The third-order valence-electron chi connectivity index (χ3n) is 3.51. The molecular weight excluding hydrogens is 246 g/mol. The number of carboxylic acid groups (broad SMARTS) is 1. The van der Waals surface area contributed by atoms with Crippen molar-refractivity contribution in [3.63, 3.8) is 0 Å². The van der Waals surface area contributed by atoms with Crippen LogP contribution in [-0.4, -0.2) is 28.1 Å². The number of rotatable bonds is 3. The summed E-state index contributed by atoms with van der Waals surface area (Å²) in [6, 6.07) is 4.73. The van der Waals surface area contributed by atoms with E-state index in [0.717, 1.165) is 5.56 Å². The molecule has 0 radical (unpaired) electrons. The summed E-state index contributed by atoms with van der Waals surface area (Å²) in [4.78, 5) is 22.8. The lowest BCUT2D eigenvalue weighted by molar-refractivity contribution is -0.141. The van der Waals surface area contributed by atoms with Crippen molar-refractivity contribution in [2.75, 3.05) is 0 Å². The number of benzene rings is 1. The molecule has 0 spiro atoms. The molecule has 5 nitrogen and oxygen atoms in total. The number of aryl methyl sites for hydroxylation is 1. The van der Waals surface area contributed by atoms with Crippen LogP contribution in [-0.2, 0) is 4.79 Å². The molecule has 1 amide bonds. The molecule has 0 bridgehead atoms. The Balaban J connectivity index is 2.00. The normalized spacial score (nSPS) is 22.2. The number of hydrogen-bond acceptors (Lipinski definition) is 3. The number of nitrogens with one attached hydrogen (secondary N) is 1. The van der Waals surface area contributed by atoms with Gasteiger partial charge in [0.2, 0.25) is 0 Å². The summed E-state index contributed by atoms with van der Waals surface area (Å²) in [6.07, 6.45) is 1.70. The SMILES string of the molecule is Cc1ccc(C(=O)N[C@H]2CC[C@@H](C(=O)O)C2)c(O)c1. The molecule has 0 aromatic heterocycles. The minimum Gasteiger partial charge on any atom is -0.507 e. The van der Waals surface area contributed by atoms with Gasteiger partial charge < -0.3 is 15.5 Å². The molecule has 1 aromatic rings. The van der Waals surface area contributed by atoms with Gasteiger partial charge in [-0.05, 0) is 43.9 Å². The van der Waals surface area contributed by atoms with E-state index < -0.39 is 5.97 Å². The second-order valence-electron chi connectivity index (χ2n) is 5.04. The van der Waals surface area contributed by atoms with Crippen LogP contribution in [0.15, 0.2) is 18.2 Å². The third-order valence-corrected chi connectivity index (χ3v) is 3.51. The van der Waals surface area contributed by atoms with Crippen molar-refractivity contribution in [2.24, 2.45) is 5.92 Å². The molecule has 1 aliphatic carbocycles. The molecular formula is C14H17NO4. The second-order valence-corrected chi connectivity index (χ2v) is 5.04. The van der Waals surface area contributed by atoms with E-state index in [2.05, 4.69) is 5.32 Å². The number of phenolic OH excluding ortho intramolecular Hbond substituents is 1. The molecule has 0 unspecified atom stereocenters. The summed E-state index contributed by atoms with van der Waals surface area (Å²) >= 11 is 0. The Hall–Kier alpha value is -2.04. The molecule has 0 heterocycles. The number of phenols is 1. The van der Waals surface area contributed by atoms with E-state index in [1.165, 1.54) is 6.07 Å². The van der Waals surface area contributed by atoms with E-state index in [4.69, 9.17) is 5.11 Å². The molecule has 5 heteroatoms. The quantitative estimate of drug-likeness (QED) is 0.774. The summed E-state index contributed by atoms with van der Waals surface area (Å²) < 4.78 is 0. The number of carbonyl (C=O) groups excluding carboxylic acids is 1. The van der Waals surface area contributed by atoms with Crippen LogP contribution in [0.2, 0.25) is 0 Å². The number of hydrogen-bond donors (Lipinski definition) is 3. The average molecular weight is 263 g/mol. The van der Waals surface area contributed by atoms with Gasteiger partial charge in [-0.2, -0.15) is 0 Å². The van der Waals surface area contributed by atoms with Crippen molar-refractivity contribution in [3.05, 3.63) is 29.3 Å². The summed E-state index contributed by atoms with van der Waals surface area (Å²) in [5.41, 5.74) is 1.10. The van der Waals surface area contributed by atoms with E-state index in [-0.39, 0.29) is 29.2 Å². The average Bonchev–Trinajstić information content (AvgIpc) is 2.77. The molecule has 102 valence electrons. The van der Waals surface area contributed by atoms with Crippen molar-refractivity contribution < 1.29 is 19.8 Å². The van der Waals surface area contributed by atoms with Gasteiger partial charge in [0.1, 0.15) is 5.75 Å². The van der Waals surface area contributed by atoms with Gasteiger partial charge in [0.05, 0.1) is 11.5 Å². The number of aromatic hydroxyl groups is 1. The van der Waals surface area contributed by atoms with Crippen molar-refractivity contribution in [3.8, 4) is 5.75 Å². The zero-order chi connectivity index (χ0) is 14.0. The van der Waals surface area contributed by atoms with Gasteiger partial charge in [0, 0.05) is 6.04 Å². The summed E-state index contributed by atoms with van der Waals surface area (Å²) in [5, 5.41) is 21.4. The first-order valence-corrected chi connectivity index (χ1v) is 6.30. The van der Waals surface area contributed by atoms with Crippen molar-refractivity contribution in [2.45, 2.75) is 32.2 Å². The van der Waals surface area contributed by atoms with Crippen LogP contribution in [0, 0.1) is 12.8 Å². The van der Waals surface area contributed by atoms with Crippen LogP contribution < -0.4 is 5.32 Å². The number of carbonyl (C=O) groups is 2. The Bertz CT molecular complexity index is 512. The molecule has 0 saturated heterocycles. The lowest BCUT2D eigenvalue weighted by Crippen LogP contribution is -2.33. The summed E-state index contributed by atoms with van der Waals surface area (Å²) in [6.45, 7) is 1.83. The van der Waals surface area contributed by atoms with Gasteiger partial charge in [-0.15, -0.1) is 0 Å². The van der Waals surface area contributed by atoms with Gasteiger partial charge in [0.25, 0.3) is 5.91 Å². The number of carboxylic acids is 1. The zero-order valence-corrected chi connectivity index (χ0v) is 10.7.